The minimum Gasteiger partial charge on any atom is -0.383 e. The van der Waals surface area contributed by atoms with Gasteiger partial charge in [0.15, 0.2) is 0 Å². The lowest BCUT2D eigenvalue weighted by atomic mass is 10.2. The minimum atomic E-state index is -0.235. The molecule has 0 saturated heterocycles. The largest absolute Gasteiger partial charge is 0.383 e. The SMILES string of the molecule is COCCNC(=O)c1ccc(NCC(=O)Nc2cccc(NC(C)=O)c2)cc1. The fourth-order valence-corrected chi connectivity index (χ4v) is 2.37. The first-order valence-electron chi connectivity index (χ1n) is 8.76. The third-order valence-electron chi connectivity index (χ3n) is 3.66. The van der Waals surface area contributed by atoms with Crippen LogP contribution in [0.1, 0.15) is 17.3 Å². The summed E-state index contributed by atoms with van der Waals surface area (Å²) < 4.78 is 4.89. The summed E-state index contributed by atoms with van der Waals surface area (Å²) in [6.45, 7) is 2.38. The second kappa shape index (κ2) is 10.7. The van der Waals surface area contributed by atoms with Crippen LogP contribution in [0.4, 0.5) is 17.1 Å². The highest BCUT2D eigenvalue weighted by Gasteiger charge is 2.06. The molecule has 0 spiro atoms. The van der Waals surface area contributed by atoms with E-state index in [0.29, 0.717) is 30.1 Å². The molecule has 0 unspecified atom stereocenters. The Bertz CT molecular complexity index is 821. The molecule has 0 radical (unpaired) electrons. The summed E-state index contributed by atoms with van der Waals surface area (Å²) in [4.78, 5) is 35.1. The van der Waals surface area contributed by atoms with E-state index in [2.05, 4.69) is 21.3 Å². The first-order chi connectivity index (χ1) is 13.5. The zero-order chi connectivity index (χ0) is 20.4. The van der Waals surface area contributed by atoms with E-state index in [9.17, 15) is 14.4 Å². The van der Waals surface area contributed by atoms with Crippen LogP contribution in [0.5, 0.6) is 0 Å². The van der Waals surface area contributed by atoms with Crippen LogP contribution in [-0.2, 0) is 14.3 Å². The number of hydrogen-bond donors (Lipinski definition) is 4. The van der Waals surface area contributed by atoms with Gasteiger partial charge in [0, 0.05) is 43.2 Å². The smallest absolute Gasteiger partial charge is 0.251 e. The van der Waals surface area contributed by atoms with Crippen LogP contribution in [0.2, 0.25) is 0 Å². The van der Waals surface area contributed by atoms with Crippen LogP contribution in [0, 0.1) is 0 Å². The van der Waals surface area contributed by atoms with Gasteiger partial charge in [-0.15, -0.1) is 0 Å². The molecule has 148 valence electrons. The van der Waals surface area contributed by atoms with Gasteiger partial charge in [-0.2, -0.15) is 0 Å². The van der Waals surface area contributed by atoms with Crippen molar-refractivity contribution < 1.29 is 19.1 Å². The number of nitrogens with one attached hydrogen (secondary N) is 4. The van der Waals surface area contributed by atoms with Crippen molar-refractivity contribution in [3.63, 3.8) is 0 Å². The lowest BCUT2D eigenvalue weighted by Gasteiger charge is -2.10. The molecule has 0 aromatic heterocycles. The van der Waals surface area contributed by atoms with Gasteiger partial charge < -0.3 is 26.0 Å². The van der Waals surface area contributed by atoms with E-state index >= 15 is 0 Å². The second-order valence-electron chi connectivity index (χ2n) is 5.99. The molecule has 0 saturated carbocycles. The summed E-state index contributed by atoms with van der Waals surface area (Å²) in [5.41, 5.74) is 2.44. The standard InChI is InChI=1S/C20H24N4O4/c1-14(25)23-17-4-3-5-18(12-17)24-19(26)13-22-16-8-6-15(7-9-16)20(27)21-10-11-28-2/h3-9,12,22H,10-11,13H2,1-2H3,(H,21,27)(H,23,25)(H,24,26). The van der Waals surface area contributed by atoms with Crippen LogP contribution in [0.15, 0.2) is 48.5 Å². The number of rotatable bonds is 9. The maximum absolute atomic E-state index is 12.1. The van der Waals surface area contributed by atoms with Crippen molar-refractivity contribution >= 4 is 34.8 Å². The molecule has 0 aliphatic carbocycles. The van der Waals surface area contributed by atoms with Gasteiger partial charge in [0.25, 0.3) is 5.91 Å². The van der Waals surface area contributed by atoms with E-state index in [-0.39, 0.29) is 24.3 Å². The average Bonchev–Trinajstić information content (AvgIpc) is 2.66. The molecule has 0 bridgehead atoms. The van der Waals surface area contributed by atoms with E-state index in [1.54, 1.807) is 55.6 Å². The first-order valence-corrected chi connectivity index (χ1v) is 8.76. The van der Waals surface area contributed by atoms with Crippen molar-refractivity contribution in [1.29, 1.82) is 0 Å². The van der Waals surface area contributed by atoms with Gasteiger partial charge in [0.2, 0.25) is 11.8 Å². The van der Waals surface area contributed by atoms with Crippen molar-refractivity contribution in [2.24, 2.45) is 0 Å². The number of methoxy groups -OCH3 is 1. The predicted molar refractivity (Wildman–Crippen MR) is 109 cm³/mol. The minimum absolute atomic E-state index is 0.0593. The van der Waals surface area contributed by atoms with Crippen LogP contribution in [0.3, 0.4) is 0 Å². The van der Waals surface area contributed by atoms with Gasteiger partial charge in [-0.25, -0.2) is 0 Å². The Morgan fingerprint density at radius 2 is 1.61 bits per heavy atom. The van der Waals surface area contributed by atoms with E-state index in [1.807, 2.05) is 0 Å². The molecule has 0 aliphatic heterocycles. The van der Waals surface area contributed by atoms with E-state index in [4.69, 9.17) is 4.74 Å². The Morgan fingerprint density at radius 1 is 0.929 bits per heavy atom. The molecule has 2 aromatic carbocycles. The third kappa shape index (κ3) is 7.08. The number of anilines is 3. The van der Waals surface area contributed by atoms with Crippen LogP contribution < -0.4 is 21.3 Å². The van der Waals surface area contributed by atoms with Gasteiger partial charge in [-0.05, 0) is 42.5 Å². The van der Waals surface area contributed by atoms with E-state index < -0.39 is 0 Å². The summed E-state index contributed by atoms with van der Waals surface area (Å²) in [7, 11) is 1.57. The molecule has 8 heteroatoms. The summed E-state index contributed by atoms with van der Waals surface area (Å²) in [6, 6.07) is 13.7. The molecular formula is C20H24N4O4. The molecule has 8 nitrogen and oxygen atoms in total. The number of amides is 3. The molecular weight excluding hydrogens is 360 g/mol. The molecule has 0 heterocycles. The first kappa shape index (κ1) is 20.9. The monoisotopic (exact) mass is 384 g/mol. The number of hydrogen-bond acceptors (Lipinski definition) is 5. The fourth-order valence-electron chi connectivity index (χ4n) is 2.37. The predicted octanol–water partition coefficient (Wildman–Crippen LogP) is 2.07. The lowest BCUT2D eigenvalue weighted by Crippen LogP contribution is -2.26. The molecule has 4 N–H and O–H groups in total. The molecule has 28 heavy (non-hydrogen) atoms. The van der Waals surface area contributed by atoms with Crippen LogP contribution in [0.25, 0.3) is 0 Å². The summed E-state index contributed by atoms with van der Waals surface area (Å²) in [6.07, 6.45) is 0. The quantitative estimate of drug-likeness (QED) is 0.495. The zero-order valence-corrected chi connectivity index (χ0v) is 15.9. The molecule has 3 amide bonds. The Morgan fingerprint density at radius 3 is 2.25 bits per heavy atom. The van der Waals surface area contributed by atoms with Crippen LogP contribution >= 0.6 is 0 Å². The highest BCUT2D eigenvalue weighted by molar-refractivity contribution is 5.96. The highest BCUT2D eigenvalue weighted by Crippen LogP contribution is 2.15. The van der Waals surface area contributed by atoms with Crippen molar-refractivity contribution in [3.8, 4) is 0 Å². The van der Waals surface area contributed by atoms with E-state index in [1.165, 1.54) is 6.92 Å². The number of benzene rings is 2. The third-order valence-corrected chi connectivity index (χ3v) is 3.66. The molecule has 0 atom stereocenters. The number of carbonyl (C=O) groups excluding carboxylic acids is 3. The summed E-state index contributed by atoms with van der Waals surface area (Å²) >= 11 is 0. The van der Waals surface area contributed by atoms with Crippen molar-refractivity contribution in [1.82, 2.24) is 5.32 Å². The molecule has 0 aliphatic rings. The maximum atomic E-state index is 12.1. The molecule has 2 aromatic rings. The van der Waals surface area contributed by atoms with Crippen molar-refractivity contribution in [2.45, 2.75) is 6.92 Å². The average molecular weight is 384 g/mol. The molecule has 0 fully saturated rings. The number of ether oxygens (including phenoxy) is 1. The van der Waals surface area contributed by atoms with Gasteiger partial charge in [0.05, 0.1) is 13.2 Å². The Kier molecular flexibility index (Phi) is 7.98. The zero-order valence-electron chi connectivity index (χ0n) is 15.9. The summed E-state index contributed by atoms with van der Waals surface area (Å²) in [5.74, 6) is -0.595. The Hall–Kier alpha value is -3.39. The number of carbonyl (C=O) groups is 3. The Balaban J connectivity index is 1.82. The van der Waals surface area contributed by atoms with Gasteiger partial charge >= 0.3 is 0 Å². The highest BCUT2D eigenvalue weighted by atomic mass is 16.5. The second-order valence-corrected chi connectivity index (χ2v) is 5.99. The Labute approximate surface area is 163 Å². The molecule has 2 rings (SSSR count). The van der Waals surface area contributed by atoms with Crippen LogP contribution in [-0.4, -0.2) is 44.5 Å². The van der Waals surface area contributed by atoms with E-state index in [0.717, 1.165) is 5.69 Å². The fraction of sp³-hybridized carbons (Fsp3) is 0.250. The maximum Gasteiger partial charge on any atom is 0.251 e. The van der Waals surface area contributed by atoms with Gasteiger partial charge in [0.1, 0.15) is 0 Å². The van der Waals surface area contributed by atoms with Gasteiger partial charge in [-0.1, -0.05) is 6.07 Å². The van der Waals surface area contributed by atoms with Gasteiger partial charge in [-0.3, -0.25) is 14.4 Å². The topological polar surface area (TPSA) is 109 Å². The lowest BCUT2D eigenvalue weighted by molar-refractivity contribution is -0.115. The van der Waals surface area contributed by atoms with Crippen molar-refractivity contribution in [3.05, 3.63) is 54.1 Å². The normalized spacial score (nSPS) is 10.1. The van der Waals surface area contributed by atoms with Crippen molar-refractivity contribution in [2.75, 3.05) is 42.8 Å². The summed E-state index contributed by atoms with van der Waals surface area (Å²) in [5, 5.41) is 11.2.